The zero-order valence-electron chi connectivity index (χ0n) is 14.3. The summed E-state index contributed by atoms with van der Waals surface area (Å²) < 4.78 is 0. The van der Waals surface area contributed by atoms with Crippen LogP contribution < -0.4 is 5.32 Å². The van der Waals surface area contributed by atoms with Gasteiger partial charge >= 0.3 is 0 Å². The second-order valence-electron chi connectivity index (χ2n) is 6.26. The van der Waals surface area contributed by atoms with E-state index in [9.17, 15) is 9.59 Å². The minimum absolute atomic E-state index is 0.00225. The Morgan fingerprint density at radius 3 is 2.26 bits per heavy atom. The first-order chi connectivity index (χ1) is 11.0. The third-order valence-corrected chi connectivity index (χ3v) is 4.56. The summed E-state index contributed by atoms with van der Waals surface area (Å²) in [4.78, 5) is 27.3. The molecule has 2 amide bonds. The Morgan fingerprint density at radius 2 is 1.74 bits per heavy atom. The Bertz CT molecular complexity index is 534. The highest BCUT2D eigenvalue weighted by Gasteiger charge is 2.20. The Kier molecular flexibility index (Phi) is 6.16. The molecule has 1 aromatic carbocycles. The van der Waals surface area contributed by atoms with Gasteiger partial charge in [-0.25, -0.2) is 0 Å². The number of benzene rings is 1. The molecule has 1 saturated heterocycles. The second kappa shape index (κ2) is 8.11. The van der Waals surface area contributed by atoms with Crippen LogP contribution in [0.2, 0.25) is 0 Å². The van der Waals surface area contributed by atoms with Crippen LogP contribution in [-0.2, 0) is 9.59 Å². The van der Waals surface area contributed by atoms with Gasteiger partial charge in [0, 0.05) is 38.8 Å². The Morgan fingerprint density at radius 1 is 1.13 bits per heavy atom. The highest BCUT2D eigenvalue weighted by molar-refractivity contribution is 5.92. The number of rotatable bonds is 5. The van der Waals surface area contributed by atoms with Gasteiger partial charge in [-0.2, -0.15) is 0 Å². The van der Waals surface area contributed by atoms with E-state index in [1.54, 1.807) is 6.92 Å². The third kappa shape index (κ3) is 5.06. The molecular weight excluding hydrogens is 290 g/mol. The van der Waals surface area contributed by atoms with Gasteiger partial charge in [0.2, 0.25) is 11.8 Å². The maximum absolute atomic E-state index is 12.1. The quantitative estimate of drug-likeness (QED) is 0.906. The number of carbonyl (C=O) groups excluding carboxylic acids is 2. The predicted octanol–water partition coefficient (Wildman–Crippen LogP) is 2.30. The van der Waals surface area contributed by atoms with Gasteiger partial charge < -0.3 is 10.2 Å². The Balaban J connectivity index is 1.80. The highest BCUT2D eigenvalue weighted by atomic mass is 16.2. The molecule has 1 fully saturated rings. The Labute approximate surface area is 138 Å². The molecule has 0 radical (unpaired) electrons. The summed E-state index contributed by atoms with van der Waals surface area (Å²) >= 11 is 0. The zero-order chi connectivity index (χ0) is 16.8. The SMILES string of the molecule is CC[C@@H](C)c1ccc(NC(=O)CN2CCN(C(C)=O)CC2)cc1. The van der Waals surface area contributed by atoms with Crippen LogP contribution in [-0.4, -0.2) is 54.3 Å². The van der Waals surface area contributed by atoms with E-state index in [0.29, 0.717) is 25.6 Å². The normalized spacial score (nSPS) is 16.9. The van der Waals surface area contributed by atoms with E-state index >= 15 is 0 Å². The average Bonchev–Trinajstić information content (AvgIpc) is 2.55. The van der Waals surface area contributed by atoms with Crippen molar-refractivity contribution in [2.45, 2.75) is 33.1 Å². The van der Waals surface area contributed by atoms with Gasteiger partial charge in [-0.3, -0.25) is 14.5 Å². The zero-order valence-corrected chi connectivity index (χ0v) is 14.3. The van der Waals surface area contributed by atoms with Gasteiger partial charge in [0.1, 0.15) is 0 Å². The minimum atomic E-state index is -0.00225. The number of nitrogens with one attached hydrogen (secondary N) is 1. The van der Waals surface area contributed by atoms with Gasteiger partial charge in [-0.05, 0) is 30.0 Å². The van der Waals surface area contributed by atoms with Crippen LogP contribution in [0.5, 0.6) is 0 Å². The molecule has 0 spiro atoms. The number of amides is 2. The third-order valence-electron chi connectivity index (χ3n) is 4.56. The highest BCUT2D eigenvalue weighted by Crippen LogP contribution is 2.20. The van der Waals surface area contributed by atoms with Crippen LogP contribution in [0.15, 0.2) is 24.3 Å². The molecule has 0 aromatic heterocycles. The fourth-order valence-corrected chi connectivity index (χ4v) is 2.76. The molecule has 1 N–H and O–H groups in total. The molecule has 0 aliphatic carbocycles. The fourth-order valence-electron chi connectivity index (χ4n) is 2.76. The maximum Gasteiger partial charge on any atom is 0.238 e. The monoisotopic (exact) mass is 317 g/mol. The lowest BCUT2D eigenvalue weighted by Crippen LogP contribution is -2.49. The lowest BCUT2D eigenvalue weighted by molar-refractivity contribution is -0.130. The summed E-state index contributed by atoms with van der Waals surface area (Å²) in [6, 6.07) is 8.09. The van der Waals surface area contributed by atoms with E-state index in [0.717, 1.165) is 25.2 Å². The van der Waals surface area contributed by atoms with Crippen LogP contribution in [0.25, 0.3) is 0 Å². The van der Waals surface area contributed by atoms with Crippen LogP contribution in [0.4, 0.5) is 5.69 Å². The summed E-state index contributed by atoms with van der Waals surface area (Å²) in [6.07, 6.45) is 1.11. The van der Waals surface area contributed by atoms with Crippen LogP contribution >= 0.6 is 0 Å². The van der Waals surface area contributed by atoms with Crippen molar-refractivity contribution in [3.63, 3.8) is 0 Å². The van der Waals surface area contributed by atoms with Crippen LogP contribution in [0, 0.1) is 0 Å². The molecule has 1 atom stereocenters. The minimum Gasteiger partial charge on any atom is -0.340 e. The topological polar surface area (TPSA) is 52.7 Å². The van der Waals surface area contributed by atoms with E-state index in [-0.39, 0.29) is 11.8 Å². The van der Waals surface area contributed by atoms with Gasteiger partial charge in [-0.15, -0.1) is 0 Å². The largest absolute Gasteiger partial charge is 0.340 e. The molecule has 1 aliphatic heterocycles. The van der Waals surface area contributed by atoms with Gasteiger partial charge in [-0.1, -0.05) is 26.0 Å². The molecule has 1 aromatic rings. The predicted molar refractivity (Wildman–Crippen MR) is 92.5 cm³/mol. The lowest BCUT2D eigenvalue weighted by Gasteiger charge is -2.33. The van der Waals surface area contributed by atoms with Gasteiger partial charge in [0.05, 0.1) is 6.54 Å². The van der Waals surface area contributed by atoms with Crippen molar-refractivity contribution >= 4 is 17.5 Å². The van der Waals surface area contributed by atoms with E-state index in [4.69, 9.17) is 0 Å². The van der Waals surface area contributed by atoms with E-state index in [1.165, 1.54) is 5.56 Å². The molecule has 0 saturated carbocycles. The first-order valence-corrected chi connectivity index (χ1v) is 8.37. The first-order valence-electron chi connectivity index (χ1n) is 8.37. The van der Waals surface area contributed by atoms with E-state index in [2.05, 4.69) is 36.2 Å². The number of hydrogen-bond acceptors (Lipinski definition) is 3. The Hall–Kier alpha value is -1.88. The van der Waals surface area contributed by atoms with Crippen LogP contribution in [0.1, 0.15) is 38.7 Å². The molecule has 0 bridgehead atoms. The number of carbonyl (C=O) groups is 2. The summed E-state index contributed by atoms with van der Waals surface area (Å²) in [7, 11) is 0. The first kappa shape index (κ1) is 17.5. The van der Waals surface area contributed by atoms with Crippen LogP contribution in [0.3, 0.4) is 0 Å². The van der Waals surface area contributed by atoms with Gasteiger partial charge in [0.15, 0.2) is 0 Å². The van der Waals surface area contributed by atoms with Crippen molar-refractivity contribution in [1.82, 2.24) is 9.80 Å². The van der Waals surface area contributed by atoms with E-state index < -0.39 is 0 Å². The molecule has 126 valence electrons. The number of hydrogen-bond donors (Lipinski definition) is 1. The molecule has 5 heteroatoms. The smallest absolute Gasteiger partial charge is 0.238 e. The average molecular weight is 317 g/mol. The van der Waals surface area contributed by atoms with Crippen molar-refractivity contribution in [1.29, 1.82) is 0 Å². The maximum atomic E-state index is 12.1. The standard InChI is InChI=1S/C18H27N3O2/c1-4-14(2)16-5-7-17(8-6-16)19-18(23)13-20-9-11-21(12-10-20)15(3)22/h5-8,14H,4,9-13H2,1-3H3,(H,19,23)/t14-/m1/s1. The van der Waals surface area contributed by atoms with Crippen molar-refractivity contribution in [2.75, 3.05) is 38.0 Å². The van der Waals surface area contributed by atoms with Crippen molar-refractivity contribution in [2.24, 2.45) is 0 Å². The summed E-state index contributed by atoms with van der Waals surface area (Å²) in [6.45, 7) is 9.24. The van der Waals surface area contributed by atoms with Crippen molar-refractivity contribution in [3.8, 4) is 0 Å². The molecular formula is C18H27N3O2. The lowest BCUT2D eigenvalue weighted by atomic mass is 9.99. The van der Waals surface area contributed by atoms with E-state index in [1.807, 2.05) is 17.0 Å². The molecule has 5 nitrogen and oxygen atoms in total. The summed E-state index contributed by atoms with van der Waals surface area (Å²) in [5, 5.41) is 2.95. The van der Waals surface area contributed by atoms with Gasteiger partial charge in [0.25, 0.3) is 0 Å². The van der Waals surface area contributed by atoms with Crippen molar-refractivity contribution < 1.29 is 9.59 Å². The molecule has 1 heterocycles. The summed E-state index contributed by atoms with van der Waals surface area (Å²) in [5.74, 6) is 0.644. The fraction of sp³-hybridized carbons (Fsp3) is 0.556. The molecule has 2 rings (SSSR count). The molecule has 0 unspecified atom stereocenters. The molecule has 23 heavy (non-hydrogen) atoms. The second-order valence-corrected chi connectivity index (χ2v) is 6.26. The molecule has 1 aliphatic rings. The number of piperazine rings is 1. The number of anilines is 1. The summed E-state index contributed by atoms with van der Waals surface area (Å²) in [5.41, 5.74) is 2.13. The number of nitrogens with zero attached hydrogens (tertiary/aromatic N) is 2. The van der Waals surface area contributed by atoms with Crippen molar-refractivity contribution in [3.05, 3.63) is 29.8 Å².